The van der Waals surface area contributed by atoms with Crippen molar-refractivity contribution in [3.8, 4) is 11.5 Å². The van der Waals surface area contributed by atoms with E-state index in [2.05, 4.69) is 15.5 Å². The number of rotatable bonds is 9. The van der Waals surface area contributed by atoms with Crippen LogP contribution in [0.3, 0.4) is 0 Å². The van der Waals surface area contributed by atoms with Gasteiger partial charge in [0.25, 0.3) is 5.91 Å². The van der Waals surface area contributed by atoms with Gasteiger partial charge in [-0.05, 0) is 25.3 Å². The number of aryl methyl sites for hydroxylation is 1. The predicted octanol–water partition coefficient (Wildman–Crippen LogP) is 1.34. The van der Waals surface area contributed by atoms with Gasteiger partial charge in [-0.25, -0.2) is 0 Å². The summed E-state index contributed by atoms with van der Waals surface area (Å²) in [6, 6.07) is 2.63. The van der Waals surface area contributed by atoms with Crippen molar-refractivity contribution in [3.05, 3.63) is 34.1 Å². The van der Waals surface area contributed by atoms with Crippen LogP contribution in [0.1, 0.15) is 37.6 Å². The van der Waals surface area contributed by atoms with E-state index in [1.54, 1.807) is 18.3 Å². The molecule has 35 heavy (non-hydrogen) atoms. The van der Waals surface area contributed by atoms with Crippen LogP contribution in [0.5, 0.6) is 11.5 Å². The molecule has 1 atom stereocenters. The third kappa shape index (κ3) is 5.76. The van der Waals surface area contributed by atoms with Crippen LogP contribution in [0.2, 0.25) is 0 Å². The molecule has 10 nitrogen and oxygen atoms in total. The Morgan fingerprint density at radius 2 is 1.83 bits per heavy atom. The van der Waals surface area contributed by atoms with Gasteiger partial charge in [0, 0.05) is 45.0 Å². The summed E-state index contributed by atoms with van der Waals surface area (Å²) >= 11 is 0. The van der Waals surface area contributed by atoms with Gasteiger partial charge >= 0.3 is 0 Å². The summed E-state index contributed by atoms with van der Waals surface area (Å²) in [6.07, 6.45) is 2.01. The standard InChI is InChI=1S/C25H34N4O6/c1-4-29-14-18(23(30)17-12-21-22(13-20(17)29)35-15-34-21)24(31)27-19(11-16(2)3)25(32)26-5-6-28-7-9-33-10-8-28/h12-14,16,19H,4-11,15H2,1-3H3,(H,26,32)(H,27,31). The molecular weight excluding hydrogens is 452 g/mol. The Morgan fingerprint density at radius 1 is 1.11 bits per heavy atom. The van der Waals surface area contributed by atoms with Crippen molar-refractivity contribution in [1.82, 2.24) is 20.1 Å². The lowest BCUT2D eigenvalue weighted by molar-refractivity contribution is -0.123. The van der Waals surface area contributed by atoms with Gasteiger partial charge in [-0.2, -0.15) is 0 Å². The molecule has 0 spiro atoms. The summed E-state index contributed by atoms with van der Waals surface area (Å²) in [7, 11) is 0. The Kier molecular flexibility index (Phi) is 7.92. The van der Waals surface area contributed by atoms with E-state index < -0.39 is 17.4 Å². The van der Waals surface area contributed by atoms with Gasteiger partial charge in [-0.3, -0.25) is 19.3 Å². The Hall–Kier alpha value is -3.11. The number of carbonyl (C=O) groups excluding carboxylic acids is 2. The zero-order chi connectivity index (χ0) is 24.9. The maximum atomic E-state index is 13.3. The molecule has 0 bridgehead atoms. The maximum Gasteiger partial charge on any atom is 0.257 e. The number of hydrogen-bond donors (Lipinski definition) is 2. The predicted molar refractivity (Wildman–Crippen MR) is 131 cm³/mol. The number of morpholine rings is 1. The second kappa shape index (κ2) is 11.1. The van der Waals surface area contributed by atoms with Crippen LogP contribution in [-0.4, -0.2) is 73.5 Å². The first-order valence-electron chi connectivity index (χ1n) is 12.2. The van der Waals surface area contributed by atoms with Gasteiger partial charge in [-0.15, -0.1) is 0 Å². The fourth-order valence-corrected chi connectivity index (χ4v) is 4.43. The van der Waals surface area contributed by atoms with Crippen LogP contribution in [0, 0.1) is 5.92 Å². The summed E-state index contributed by atoms with van der Waals surface area (Å²) in [5.74, 6) is 0.411. The molecule has 0 radical (unpaired) electrons. The minimum Gasteiger partial charge on any atom is -0.454 e. The molecule has 1 aromatic carbocycles. The van der Waals surface area contributed by atoms with Crippen molar-refractivity contribution in [2.75, 3.05) is 46.2 Å². The molecule has 1 fully saturated rings. The largest absolute Gasteiger partial charge is 0.454 e. The zero-order valence-electron chi connectivity index (χ0n) is 20.6. The Bertz CT molecular complexity index is 1140. The molecular formula is C25H34N4O6. The molecule has 0 saturated carbocycles. The van der Waals surface area contributed by atoms with Crippen molar-refractivity contribution in [3.63, 3.8) is 0 Å². The number of aromatic nitrogens is 1. The van der Waals surface area contributed by atoms with Gasteiger partial charge in [0.05, 0.1) is 24.1 Å². The highest BCUT2D eigenvalue weighted by Gasteiger charge is 2.26. The fraction of sp³-hybridized carbons (Fsp3) is 0.560. The summed E-state index contributed by atoms with van der Waals surface area (Å²) in [5, 5.41) is 6.12. The number of carbonyl (C=O) groups is 2. The quantitative estimate of drug-likeness (QED) is 0.550. The van der Waals surface area contributed by atoms with Crippen molar-refractivity contribution < 1.29 is 23.8 Å². The van der Waals surface area contributed by atoms with Crippen LogP contribution >= 0.6 is 0 Å². The topological polar surface area (TPSA) is 111 Å². The molecule has 2 amide bonds. The summed E-state index contributed by atoms with van der Waals surface area (Å²) < 4.78 is 18.0. The number of pyridine rings is 1. The lowest BCUT2D eigenvalue weighted by Crippen LogP contribution is -2.50. The highest BCUT2D eigenvalue weighted by atomic mass is 16.7. The first kappa shape index (κ1) is 25.0. The van der Waals surface area contributed by atoms with Crippen molar-refractivity contribution in [1.29, 1.82) is 0 Å². The number of nitrogens with one attached hydrogen (secondary N) is 2. The minimum absolute atomic E-state index is 0.00640. The van der Waals surface area contributed by atoms with Crippen LogP contribution in [0.4, 0.5) is 0 Å². The first-order valence-corrected chi connectivity index (χ1v) is 12.2. The molecule has 0 aliphatic carbocycles. The third-order valence-corrected chi connectivity index (χ3v) is 6.32. The number of nitrogens with zero attached hydrogens (tertiary/aromatic N) is 2. The highest BCUT2D eigenvalue weighted by Crippen LogP contribution is 2.35. The third-order valence-electron chi connectivity index (χ3n) is 6.32. The highest BCUT2D eigenvalue weighted by molar-refractivity contribution is 6.00. The van der Waals surface area contributed by atoms with Gasteiger partial charge < -0.3 is 29.4 Å². The van der Waals surface area contributed by atoms with E-state index in [0.717, 1.165) is 19.6 Å². The zero-order valence-corrected chi connectivity index (χ0v) is 20.6. The molecule has 3 heterocycles. The van der Waals surface area contributed by atoms with E-state index in [4.69, 9.17) is 14.2 Å². The molecule has 2 aliphatic heterocycles. The summed E-state index contributed by atoms with van der Waals surface area (Å²) in [4.78, 5) is 41.7. The van der Waals surface area contributed by atoms with Gasteiger partial charge in [-0.1, -0.05) is 13.8 Å². The van der Waals surface area contributed by atoms with Crippen LogP contribution in [0.15, 0.2) is 23.1 Å². The summed E-state index contributed by atoms with van der Waals surface area (Å²) in [5.41, 5.74) is 0.252. The summed E-state index contributed by atoms with van der Waals surface area (Å²) in [6.45, 7) is 10.8. The van der Waals surface area contributed by atoms with E-state index in [-0.39, 0.29) is 24.2 Å². The molecule has 2 aliphatic rings. The number of hydrogen-bond acceptors (Lipinski definition) is 7. The fourth-order valence-electron chi connectivity index (χ4n) is 4.43. The van der Waals surface area contributed by atoms with Gasteiger partial charge in [0.15, 0.2) is 11.5 Å². The molecule has 1 unspecified atom stereocenters. The number of amides is 2. The molecule has 2 aromatic rings. The second-order valence-corrected chi connectivity index (χ2v) is 9.28. The SMILES string of the molecule is CCn1cc(C(=O)NC(CC(C)C)C(=O)NCCN2CCOCC2)c(=O)c2cc3c(cc21)OCO3. The van der Waals surface area contributed by atoms with Crippen molar-refractivity contribution >= 4 is 22.7 Å². The van der Waals surface area contributed by atoms with Crippen LogP contribution < -0.4 is 25.5 Å². The van der Waals surface area contributed by atoms with Gasteiger partial charge in [0.2, 0.25) is 18.1 Å². The molecule has 1 aromatic heterocycles. The molecule has 190 valence electrons. The maximum absolute atomic E-state index is 13.3. The molecule has 10 heteroatoms. The van der Waals surface area contributed by atoms with E-state index in [9.17, 15) is 14.4 Å². The number of ether oxygens (including phenoxy) is 3. The lowest BCUT2D eigenvalue weighted by atomic mass is 10.0. The van der Waals surface area contributed by atoms with Crippen LogP contribution in [0.25, 0.3) is 10.9 Å². The average Bonchev–Trinajstić information content (AvgIpc) is 3.31. The Morgan fingerprint density at radius 3 is 2.51 bits per heavy atom. The molecule has 2 N–H and O–H groups in total. The number of fused-ring (bicyclic) bond motifs is 2. The Balaban J connectivity index is 1.51. The Labute approximate surface area is 204 Å². The van der Waals surface area contributed by atoms with Crippen LogP contribution in [-0.2, 0) is 16.1 Å². The monoisotopic (exact) mass is 486 g/mol. The minimum atomic E-state index is -0.742. The molecule has 1 saturated heterocycles. The molecule has 4 rings (SSSR count). The van der Waals surface area contributed by atoms with Crippen molar-refractivity contribution in [2.24, 2.45) is 5.92 Å². The first-order chi connectivity index (χ1) is 16.9. The smallest absolute Gasteiger partial charge is 0.257 e. The van der Waals surface area contributed by atoms with E-state index in [1.807, 2.05) is 25.3 Å². The average molecular weight is 487 g/mol. The normalized spacial score (nSPS) is 16.5. The van der Waals surface area contributed by atoms with Gasteiger partial charge in [0.1, 0.15) is 11.6 Å². The second-order valence-electron chi connectivity index (χ2n) is 9.28. The number of benzene rings is 1. The lowest BCUT2D eigenvalue weighted by Gasteiger charge is -2.27. The van der Waals surface area contributed by atoms with Crippen molar-refractivity contribution in [2.45, 2.75) is 39.8 Å². The van der Waals surface area contributed by atoms with E-state index in [0.29, 0.717) is 55.1 Å². The van der Waals surface area contributed by atoms with E-state index >= 15 is 0 Å². The van der Waals surface area contributed by atoms with E-state index in [1.165, 1.54) is 0 Å².